The van der Waals surface area contributed by atoms with Gasteiger partial charge >= 0.3 is 6.03 Å². The van der Waals surface area contributed by atoms with Gasteiger partial charge in [-0.3, -0.25) is 4.79 Å². The number of hydrogen-bond donors (Lipinski definition) is 4. The van der Waals surface area contributed by atoms with Crippen molar-refractivity contribution in [2.75, 3.05) is 13.2 Å². The third-order valence-electron chi connectivity index (χ3n) is 2.57. The maximum absolute atomic E-state index is 12.0. The molecule has 1 aromatic rings. The molecule has 3 amide bonds. The highest BCUT2D eigenvalue weighted by atomic mass is 16.3. The number of benzene rings is 1. The van der Waals surface area contributed by atoms with E-state index in [1.807, 2.05) is 6.07 Å². The standard InChI is InChI=1S/C13H19N3O3/c14-13(19)16-11(10-6-2-1-3-7-10)12(18)15-8-4-5-9-17/h1-3,6-7,11,17H,4-5,8-9H2,(H,15,18)(H3,14,16,19). The zero-order valence-corrected chi connectivity index (χ0v) is 10.6. The van der Waals surface area contributed by atoms with Gasteiger partial charge in [-0.2, -0.15) is 0 Å². The molecule has 0 aliphatic rings. The summed E-state index contributed by atoms with van der Waals surface area (Å²) < 4.78 is 0. The molecule has 1 unspecified atom stereocenters. The van der Waals surface area contributed by atoms with E-state index >= 15 is 0 Å². The van der Waals surface area contributed by atoms with Gasteiger partial charge in [0.25, 0.3) is 0 Å². The van der Waals surface area contributed by atoms with Gasteiger partial charge in [-0.15, -0.1) is 0 Å². The smallest absolute Gasteiger partial charge is 0.313 e. The van der Waals surface area contributed by atoms with Gasteiger partial charge in [0.1, 0.15) is 6.04 Å². The molecule has 0 aliphatic heterocycles. The Labute approximate surface area is 112 Å². The summed E-state index contributed by atoms with van der Waals surface area (Å²) in [5.74, 6) is -0.317. The zero-order chi connectivity index (χ0) is 14.1. The van der Waals surface area contributed by atoms with Crippen LogP contribution in [0.1, 0.15) is 24.4 Å². The SMILES string of the molecule is NC(=O)NC(C(=O)NCCCCO)c1ccccc1. The monoisotopic (exact) mass is 265 g/mol. The van der Waals surface area contributed by atoms with Crippen LogP contribution in [0.4, 0.5) is 4.79 Å². The minimum absolute atomic E-state index is 0.0948. The molecule has 6 heteroatoms. The van der Waals surface area contributed by atoms with E-state index in [0.717, 1.165) is 0 Å². The van der Waals surface area contributed by atoms with Crippen molar-refractivity contribution < 1.29 is 14.7 Å². The molecule has 0 aromatic heterocycles. The summed E-state index contributed by atoms with van der Waals surface area (Å²) in [6.07, 6.45) is 1.31. The Morgan fingerprint density at radius 3 is 2.47 bits per heavy atom. The molecule has 0 saturated heterocycles. The number of rotatable bonds is 7. The lowest BCUT2D eigenvalue weighted by molar-refractivity contribution is -0.123. The maximum Gasteiger partial charge on any atom is 0.313 e. The number of aliphatic hydroxyl groups is 1. The van der Waals surface area contributed by atoms with E-state index in [1.54, 1.807) is 24.3 Å². The molecule has 1 atom stereocenters. The van der Waals surface area contributed by atoms with Crippen LogP contribution in [-0.2, 0) is 4.79 Å². The summed E-state index contributed by atoms with van der Waals surface area (Å²) in [5, 5.41) is 13.8. The minimum atomic E-state index is -0.798. The number of amides is 3. The Morgan fingerprint density at radius 2 is 1.89 bits per heavy atom. The second kappa shape index (κ2) is 8.10. The molecule has 19 heavy (non-hydrogen) atoms. The van der Waals surface area contributed by atoms with E-state index in [2.05, 4.69) is 10.6 Å². The summed E-state index contributed by atoms with van der Waals surface area (Å²) in [4.78, 5) is 23.0. The normalized spacial score (nSPS) is 11.6. The van der Waals surface area contributed by atoms with Crippen molar-refractivity contribution in [1.82, 2.24) is 10.6 Å². The molecule has 1 aromatic carbocycles. The molecular weight excluding hydrogens is 246 g/mol. The first-order valence-corrected chi connectivity index (χ1v) is 6.14. The molecule has 0 heterocycles. The molecule has 0 radical (unpaired) electrons. The van der Waals surface area contributed by atoms with Crippen molar-refractivity contribution in [3.8, 4) is 0 Å². The molecule has 0 fully saturated rings. The van der Waals surface area contributed by atoms with Crippen molar-refractivity contribution in [1.29, 1.82) is 0 Å². The van der Waals surface area contributed by atoms with Crippen LogP contribution in [0.25, 0.3) is 0 Å². The highest BCUT2D eigenvalue weighted by molar-refractivity contribution is 5.87. The van der Waals surface area contributed by atoms with Gasteiger partial charge in [0.05, 0.1) is 0 Å². The van der Waals surface area contributed by atoms with E-state index < -0.39 is 12.1 Å². The van der Waals surface area contributed by atoms with Crippen LogP contribution in [0.15, 0.2) is 30.3 Å². The first-order chi connectivity index (χ1) is 9.15. The number of nitrogens with two attached hydrogens (primary N) is 1. The topological polar surface area (TPSA) is 104 Å². The summed E-state index contributed by atoms with van der Waals surface area (Å²) in [6, 6.07) is 7.33. The van der Waals surface area contributed by atoms with Gasteiger partial charge in [-0.05, 0) is 18.4 Å². The van der Waals surface area contributed by atoms with Crippen LogP contribution in [0.5, 0.6) is 0 Å². The van der Waals surface area contributed by atoms with Crippen LogP contribution in [0.2, 0.25) is 0 Å². The quantitative estimate of drug-likeness (QED) is 0.532. The van der Waals surface area contributed by atoms with Gasteiger partial charge in [0, 0.05) is 13.2 Å². The number of aliphatic hydroxyl groups excluding tert-OH is 1. The average Bonchev–Trinajstić information content (AvgIpc) is 2.41. The van der Waals surface area contributed by atoms with Crippen LogP contribution >= 0.6 is 0 Å². The van der Waals surface area contributed by atoms with Crippen molar-refractivity contribution in [2.45, 2.75) is 18.9 Å². The van der Waals surface area contributed by atoms with E-state index in [0.29, 0.717) is 24.9 Å². The summed E-state index contributed by atoms with van der Waals surface area (Å²) in [5.41, 5.74) is 5.75. The first kappa shape index (κ1) is 15.0. The van der Waals surface area contributed by atoms with Gasteiger partial charge in [-0.25, -0.2) is 4.79 Å². The van der Waals surface area contributed by atoms with Crippen molar-refractivity contribution in [2.24, 2.45) is 5.73 Å². The molecule has 104 valence electrons. The molecule has 6 nitrogen and oxygen atoms in total. The number of unbranched alkanes of at least 4 members (excludes halogenated alkanes) is 1. The second-order valence-corrected chi connectivity index (χ2v) is 4.07. The third kappa shape index (κ3) is 5.39. The van der Waals surface area contributed by atoms with Crippen LogP contribution in [-0.4, -0.2) is 30.2 Å². The Bertz CT molecular complexity index is 409. The Morgan fingerprint density at radius 1 is 1.21 bits per heavy atom. The lowest BCUT2D eigenvalue weighted by Gasteiger charge is -2.17. The van der Waals surface area contributed by atoms with Gasteiger partial charge in [0.15, 0.2) is 0 Å². The predicted molar refractivity (Wildman–Crippen MR) is 71.2 cm³/mol. The largest absolute Gasteiger partial charge is 0.396 e. The molecule has 0 aliphatic carbocycles. The fourth-order valence-electron chi connectivity index (χ4n) is 1.64. The lowest BCUT2D eigenvalue weighted by atomic mass is 10.1. The second-order valence-electron chi connectivity index (χ2n) is 4.07. The van der Waals surface area contributed by atoms with Crippen LogP contribution in [0.3, 0.4) is 0 Å². The number of urea groups is 1. The fraction of sp³-hybridized carbons (Fsp3) is 0.385. The Kier molecular flexibility index (Phi) is 6.38. The van der Waals surface area contributed by atoms with E-state index in [1.165, 1.54) is 0 Å². The predicted octanol–water partition coefficient (Wildman–Crippen LogP) is 0.285. The fourth-order valence-corrected chi connectivity index (χ4v) is 1.64. The highest BCUT2D eigenvalue weighted by Crippen LogP contribution is 2.12. The van der Waals surface area contributed by atoms with Gasteiger partial charge in [-0.1, -0.05) is 30.3 Å². The average molecular weight is 265 g/mol. The number of nitrogens with one attached hydrogen (secondary N) is 2. The summed E-state index contributed by atoms with van der Waals surface area (Å²) >= 11 is 0. The number of carbonyl (C=O) groups excluding carboxylic acids is 2. The molecule has 5 N–H and O–H groups in total. The van der Waals surface area contributed by atoms with E-state index in [-0.39, 0.29) is 12.5 Å². The molecule has 1 rings (SSSR count). The number of hydrogen-bond acceptors (Lipinski definition) is 3. The molecule has 0 bridgehead atoms. The lowest BCUT2D eigenvalue weighted by Crippen LogP contribution is -2.42. The zero-order valence-electron chi connectivity index (χ0n) is 10.6. The minimum Gasteiger partial charge on any atom is -0.396 e. The van der Waals surface area contributed by atoms with Crippen molar-refractivity contribution in [3.05, 3.63) is 35.9 Å². The third-order valence-corrected chi connectivity index (χ3v) is 2.57. The highest BCUT2D eigenvalue weighted by Gasteiger charge is 2.20. The molecule has 0 spiro atoms. The first-order valence-electron chi connectivity index (χ1n) is 6.14. The molecular formula is C13H19N3O3. The molecule has 0 saturated carbocycles. The van der Waals surface area contributed by atoms with Gasteiger partial charge < -0.3 is 21.5 Å². The number of primary amides is 1. The van der Waals surface area contributed by atoms with Crippen molar-refractivity contribution in [3.63, 3.8) is 0 Å². The van der Waals surface area contributed by atoms with E-state index in [9.17, 15) is 9.59 Å². The summed E-state index contributed by atoms with van der Waals surface area (Å²) in [6.45, 7) is 0.542. The van der Waals surface area contributed by atoms with Crippen LogP contribution in [0, 0.1) is 0 Å². The Hall–Kier alpha value is -2.08. The van der Waals surface area contributed by atoms with Gasteiger partial charge in [0.2, 0.25) is 5.91 Å². The van der Waals surface area contributed by atoms with Crippen molar-refractivity contribution >= 4 is 11.9 Å². The maximum atomic E-state index is 12.0. The van der Waals surface area contributed by atoms with Crippen LogP contribution < -0.4 is 16.4 Å². The van der Waals surface area contributed by atoms with E-state index in [4.69, 9.17) is 10.8 Å². The Balaban J connectivity index is 2.63. The number of carbonyl (C=O) groups is 2. The summed E-state index contributed by atoms with van der Waals surface area (Å²) in [7, 11) is 0.